The average Bonchev–Trinajstić information content (AvgIpc) is 2.83. The Bertz CT molecular complexity index is 1150. The van der Waals surface area contributed by atoms with Crippen molar-refractivity contribution in [2.45, 2.75) is 125 Å². The quantitative estimate of drug-likeness (QED) is 0.323. The highest BCUT2D eigenvalue weighted by atomic mass is 16.5. The van der Waals surface area contributed by atoms with Crippen molar-refractivity contribution in [2.75, 3.05) is 0 Å². The minimum Gasteiger partial charge on any atom is -0.489 e. The van der Waals surface area contributed by atoms with E-state index in [1.165, 1.54) is 33.4 Å². The molecule has 3 rings (SSSR count). The molecule has 3 aromatic rings. The van der Waals surface area contributed by atoms with E-state index < -0.39 is 0 Å². The van der Waals surface area contributed by atoms with Crippen LogP contribution in [0.3, 0.4) is 0 Å². The lowest BCUT2D eigenvalue weighted by molar-refractivity contribution is 0.289. The van der Waals surface area contributed by atoms with E-state index >= 15 is 0 Å². The molecule has 0 spiro atoms. The summed E-state index contributed by atoms with van der Waals surface area (Å²) in [5.74, 6) is 1.55. The summed E-state index contributed by atoms with van der Waals surface area (Å²) in [6.07, 6.45) is 0. The molecule has 0 amide bonds. The smallest absolute Gasteiger partial charge is 0.123 e. The van der Waals surface area contributed by atoms with Gasteiger partial charge in [0.15, 0.2) is 0 Å². The van der Waals surface area contributed by atoms with Crippen LogP contribution >= 0.6 is 0 Å². The van der Waals surface area contributed by atoms with Gasteiger partial charge in [0.25, 0.3) is 0 Å². The van der Waals surface area contributed by atoms with E-state index in [4.69, 9.17) is 15.2 Å². The van der Waals surface area contributed by atoms with Crippen molar-refractivity contribution >= 4 is 0 Å². The van der Waals surface area contributed by atoms with Crippen molar-refractivity contribution in [3.05, 3.63) is 93.5 Å². The Morgan fingerprint density at radius 2 is 0.725 bits per heavy atom. The first-order valence-electron chi connectivity index (χ1n) is 14.7. The third-order valence-corrected chi connectivity index (χ3v) is 7.44. The van der Waals surface area contributed by atoms with E-state index in [1.807, 2.05) is 18.2 Å². The first-order valence-corrected chi connectivity index (χ1v) is 14.7. The number of rotatable bonds is 7. The van der Waals surface area contributed by atoms with Crippen LogP contribution in [0.15, 0.2) is 54.6 Å². The molecule has 0 fully saturated rings. The van der Waals surface area contributed by atoms with Crippen LogP contribution in [0.1, 0.15) is 122 Å². The van der Waals surface area contributed by atoms with Gasteiger partial charge in [0.2, 0.25) is 0 Å². The van der Waals surface area contributed by atoms with Gasteiger partial charge in [-0.25, -0.2) is 0 Å². The second-order valence-electron chi connectivity index (χ2n) is 15.4. The van der Waals surface area contributed by atoms with Gasteiger partial charge < -0.3 is 15.2 Å². The lowest BCUT2D eigenvalue weighted by atomic mass is 9.79. The van der Waals surface area contributed by atoms with Gasteiger partial charge >= 0.3 is 0 Å². The maximum absolute atomic E-state index is 6.35. The molecule has 0 aliphatic carbocycles. The van der Waals surface area contributed by atoms with Gasteiger partial charge in [-0.3, -0.25) is 0 Å². The highest BCUT2D eigenvalue weighted by Gasteiger charge is 2.22. The normalized spacial score (nSPS) is 12.9. The van der Waals surface area contributed by atoms with Gasteiger partial charge in [-0.15, -0.1) is 0 Å². The lowest BCUT2D eigenvalue weighted by Crippen LogP contribution is -2.17. The summed E-state index contributed by atoms with van der Waals surface area (Å²) in [4.78, 5) is 0. The van der Waals surface area contributed by atoms with Crippen LogP contribution in [0.4, 0.5) is 0 Å². The van der Waals surface area contributed by atoms with E-state index in [0.29, 0.717) is 19.8 Å². The van der Waals surface area contributed by atoms with Gasteiger partial charge in [0.1, 0.15) is 24.7 Å². The summed E-state index contributed by atoms with van der Waals surface area (Å²) >= 11 is 0. The predicted molar refractivity (Wildman–Crippen MR) is 171 cm³/mol. The van der Waals surface area contributed by atoms with Crippen molar-refractivity contribution in [1.29, 1.82) is 0 Å². The third-order valence-electron chi connectivity index (χ3n) is 7.44. The molecule has 0 aromatic heterocycles. The zero-order chi connectivity index (χ0) is 30.1. The Balaban J connectivity index is 1.85. The van der Waals surface area contributed by atoms with Crippen molar-refractivity contribution in [3.8, 4) is 11.5 Å². The molecule has 3 aromatic carbocycles. The molecule has 2 N–H and O–H groups in total. The fourth-order valence-corrected chi connectivity index (χ4v) is 4.53. The third kappa shape index (κ3) is 8.61. The molecule has 0 atom stereocenters. The number of ether oxygens (including phenoxy) is 2. The number of hydrogen-bond donors (Lipinski definition) is 1. The van der Waals surface area contributed by atoms with Gasteiger partial charge in [-0.05, 0) is 72.7 Å². The van der Waals surface area contributed by atoms with Crippen LogP contribution in [0, 0.1) is 0 Å². The fourth-order valence-electron chi connectivity index (χ4n) is 4.53. The topological polar surface area (TPSA) is 44.5 Å². The molecule has 0 unspecified atom stereocenters. The predicted octanol–water partition coefficient (Wildman–Crippen LogP) is 9.49. The Kier molecular flexibility index (Phi) is 9.21. The molecule has 0 radical (unpaired) electrons. The van der Waals surface area contributed by atoms with E-state index in [9.17, 15) is 0 Å². The molecule has 0 aliphatic heterocycles. The Morgan fingerprint density at radius 3 is 0.975 bits per heavy atom. The number of nitrogens with two attached hydrogens (primary N) is 1. The van der Waals surface area contributed by atoms with Crippen LogP contribution < -0.4 is 15.2 Å². The van der Waals surface area contributed by atoms with Crippen molar-refractivity contribution < 1.29 is 9.47 Å². The summed E-state index contributed by atoms with van der Waals surface area (Å²) in [5.41, 5.74) is 14.9. The van der Waals surface area contributed by atoms with Crippen LogP contribution in [0.5, 0.6) is 11.5 Å². The summed E-state index contributed by atoms with van der Waals surface area (Å²) < 4.78 is 12.7. The Labute approximate surface area is 244 Å². The highest BCUT2D eigenvalue weighted by Crippen LogP contribution is 2.33. The molecular formula is C37H53NO2. The van der Waals surface area contributed by atoms with Crippen molar-refractivity contribution in [2.24, 2.45) is 5.73 Å². The first-order chi connectivity index (χ1) is 18.3. The minimum absolute atomic E-state index is 0.0631. The number of benzene rings is 3. The molecule has 0 heterocycles. The van der Waals surface area contributed by atoms with Crippen LogP contribution in [-0.4, -0.2) is 0 Å². The monoisotopic (exact) mass is 543 g/mol. The Hall–Kier alpha value is -2.78. The van der Waals surface area contributed by atoms with E-state index in [2.05, 4.69) is 119 Å². The van der Waals surface area contributed by atoms with E-state index in [-0.39, 0.29) is 21.7 Å². The molecule has 218 valence electrons. The minimum atomic E-state index is 0.0631. The first kappa shape index (κ1) is 31.7. The maximum Gasteiger partial charge on any atom is 0.123 e. The zero-order valence-electron chi connectivity index (χ0n) is 27.2. The van der Waals surface area contributed by atoms with Crippen molar-refractivity contribution in [1.82, 2.24) is 0 Å². The summed E-state index contributed by atoms with van der Waals surface area (Å²) in [7, 11) is 0. The zero-order valence-corrected chi connectivity index (χ0v) is 27.2. The van der Waals surface area contributed by atoms with Gasteiger partial charge in [-0.2, -0.15) is 0 Å². The number of hydrogen-bond acceptors (Lipinski definition) is 3. The van der Waals surface area contributed by atoms with Gasteiger partial charge in [0, 0.05) is 12.6 Å². The summed E-state index contributed by atoms with van der Waals surface area (Å²) in [6, 6.07) is 19.8. The largest absolute Gasteiger partial charge is 0.489 e. The Morgan fingerprint density at radius 1 is 0.425 bits per heavy atom. The summed E-state index contributed by atoms with van der Waals surface area (Å²) in [5, 5.41) is 0. The second-order valence-corrected chi connectivity index (χ2v) is 15.4. The van der Waals surface area contributed by atoms with Crippen LogP contribution in [0.2, 0.25) is 0 Å². The SMILES string of the molecule is CC(C)(C)c1cc(COc2cc(CN)cc(OCc3cc(C(C)(C)C)cc(C(C)(C)C)c3)c2)cc(C(C)(C)C)c1. The van der Waals surface area contributed by atoms with E-state index in [0.717, 1.165) is 17.1 Å². The van der Waals surface area contributed by atoms with Crippen LogP contribution in [0.25, 0.3) is 0 Å². The molecule has 3 nitrogen and oxygen atoms in total. The maximum atomic E-state index is 6.35. The molecule has 0 aliphatic rings. The highest BCUT2D eigenvalue weighted by molar-refractivity contribution is 5.41. The molecule has 0 bridgehead atoms. The molecular weight excluding hydrogens is 490 g/mol. The lowest BCUT2D eigenvalue weighted by Gasteiger charge is -2.26. The van der Waals surface area contributed by atoms with Crippen molar-refractivity contribution in [3.63, 3.8) is 0 Å². The van der Waals surface area contributed by atoms with E-state index in [1.54, 1.807) is 0 Å². The standard InChI is InChI=1S/C37H53NO2/c1-34(2,3)28-13-26(14-29(19-28)35(4,5)6)23-39-32-17-25(22-38)18-33(21-32)40-24-27-15-30(36(7,8)9)20-31(16-27)37(10,11)12/h13-21H,22-24,38H2,1-12H3. The van der Waals surface area contributed by atoms with Crippen LogP contribution in [-0.2, 0) is 41.4 Å². The second kappa shape index (κ2) is 11.6. The molecule has 40 heavy (non-hydrogen) atoms. The molecule has 0 saturated heterocycles. The average molecular weight is 544 g/mol. The fraction of sp³-hybridized carbons (Fsp3) is 0.514. The molecule has 3 heteroatoms. The summed E-state index contributed by atoms with van der Waals surface area (Å²) in [6.45, 7) is 28.5. The van der Waals surface area contributed by atoms with Gasteiger partial charge in [0.05, 0.1) is 0 Å². The van der Waals surface area contributed by atoms with Gasteiger partial charge in [-0.1, -0.05) is 119 Å². The molecule has 0 saturated carbocycles.